The van der Waals surface area contributed by atoms with Crippen molar-refractivity contribution in [1.82, 2.24) is 19.3 Å². The van der Waals surface area contributed by atoms with E-state index in [0.29, 0.717) is 11.8 Å². The number of aryl methyl sites for hydroxylation is 2. The van der Waals surface area contributed by atoms with Gasteiger partial charge in [0.2, 0.25) is 10.0 Å². The Morgan fingerprint density at radius 1 is 1.26 bits per heavy atom. The summed E-state index contributed by atoms with van der Waals surface area (Å²) in [7, 11) is -2.68. The summed E-state index contributed by atoms with van der Waals surface area (Å²) in [5, 5.41) is 17.7. The molecule has 10 heteroatoms. The van der Waals surface area contributed by atoms with Crippen LogP contribution < -0.4 is 0 Å². The topological polar surface area (TPSA) is 88.3 Å². The van der Waals surface area contributed by atoms with Gasteiger partial charge in [-0.1, -0.05) is 5.21 Å². The molecule has 1 aromatic carbocycles. The number of sulfonamides is 1. The van der Waals surface area contributed by atoms with E-state index in [1.165, 1.54) is 17.8 Å². The van der Waals surface area contributed by atoms with Gasteiger partial charge >= 0.3 is 0 Å². The predicted molar refractivity (Wildman–Crippen MR) is 74.8 cm³/mol. The third-order valence-corrected chi connectivity index (χ3v) is 5.70. The number of nitrogens with zero attached hydrogens (tertiary/aromatic N) is 4. The number of benzene rings is 1. The number of aromatic nitrogens is 3. The van der Waals surface area contributed by atoms with Gasteiger partial charge in [-0.3, -0.25) is 0 Å². The van der Waals surface area contributed by atoms with Crippen LogP contribution >= 0.6 is 0 Å². The molecule has 0 spiro atoms. The zero-order valence-electron chi connectivity index (χ0n) is 12.4. The highest BCUT2D eigenvalue weighted by Gasteiger charge is 2.50. The Labute approximate surface area is 131 Å². The fourth-order valence-electron chi connectivity index (χ4n) is 2.54. The molecule has 0 bridgehead atoms. The van der Waals surface area contributed by atoms with Crippen LogP contribution in [0.3, 0.4) is 0 Å². The molecule has 1 N–H and O–H groups in total. The van der Waals surface area contributed by atoms with E-state index in [9.17, 15) is 22.3 Å². The van der Waals surface area contributed by atoms with Gasteiger partial charge < -0.3 is 5.11 Å². The van der Waals surface area contributed by atoms with Crippen LogP contribution in [0.15, 0.2) is 23.2 Å². The number of β-amino-alcohol motifs (C(OH)–C–C–N with tert-alkyl or cyclic N) is 1. The van der Waals surface area contributed by atoms with E-state index in [-0.39, 0.29) is 18.7 Å². The third kappa shape index (κ3) is 2.42. The van der Waals surface area contributed by atoms with Gasteiger partial charge in [-0.25, -0.2) is 21.9 Å². The molecule has 0 aliphatic carbocycles. The largest absolute Gasteiger partial charge is 0.381 e. The van der Waals surface area contributed by atoms with Crippen LogP contribution in [0.1, 0.15) is 11.3 Å². The van der Waals surface area contributed by atoms with Crippen molar-refractivity contribution in [3.8, 4) is 0 Å². The minimum absolute atomic E-state index is 0.0162. The predicted octanol–water partition coefficient (Wildman–Crippen LogP) is 0.294. The van der Waals surface area contributed by atoms with Crippen molar-refractivity contribution < 1.29 is 22.3 Å². The summed E-state index contributed by atoms with van der Waals surface area (Å²) in [5.74, 6) is -1.84. The molecule has 0 amide bonds. The first kappa shape index (κ1) is 16.0. The van der Waals surface area contributed by atoms with Crippen LogP contribution in [0.5, 0.6) is 0 Å². The average Bonchev–Trinajstić information content (AvgIpc) is 2.85. The summed E-state index contributed by atoms with van der Waals surface area (Å²) < 4.78 is 54.5. The Hall–Kier alpha value is -1.91. The van der Waals surface area contributed by atoms with Gasteiger partial charge in [0.25, 0.3) is 0 Å². The SMILES string of the molecule is Cc1cc(F)c(S(=O)(=O)N2CC(O)(c3cnnn3C)C2)cc1F. The van der Waals surface area contributed by atoms with E-state index in [0.717, 1.165) is 10.4 Å². The van der Waals surface area contributed by atoms with Gasteiger partial charge in [0.05, 0.1) is 25.0 Å². The normalized spacial score (nSPS) is 18.0. The minimum atomic E-state index is -4.24. The highest BCUT2D eigenvalue weighted by molar-refractivity contribution is 7.89. The summed E-state index contributed by atoms with van der Waals surface area (Å²) >= 11 is 0. The molecule has 0 atom stereocenters. The number of rotatable bonds is 3. The van der Waals surface area contributed by atoms with Gasteiger partial charge in [0.1, 0.15) is 22.1 Å². The fourth-order valence-corrected chi connectivity index (χ4v) is 4.15. The molecular formula is C13H14F2N4O3S. The molecular weight excluding hydrogens is 330 g/mol. The van der Waals surface area contributed by atoms with E-state index in [1.807, 2.05) is 0 Å². The maximum atomic E-state index is 13.9. The second-order valence-electron chi connectivity index (χ2n) is 5.58. The van der Waals surface area contributed by atoms with Gasteiger partial charge in [-0.2, -0.15) is 4.31 Å². The first-order valence-corrected chi connectivity index (χ1v) is 8.12. The second kappa shape index (κ2) is 5.05. The molecule has 1 saturated heterocycles. The molecule has 23 heavy (non-hydrogen) atoms. The Morgan fingerprint density at radius 2 is 1.91 bits per heavy atom. The van der Waals surface area contributed by atoms with Crippen molar-refractivity contribution in [3.63, 3.8) is 0 Å². The van der Waals surface area contributed by atoms with Crippen LogP contribution in [-0.4, -0.2) is 45.9 Å². The Balaban J connectivity index is 1.90. The maximum Gasteiger partial charge on any atom is 0.246 e. The lowest BCUT2D eigenvalue weighted by molar-refractivity contribution is -0.0708. The number of aliphatic hydroxyl groups is 1. The van der Waals surface area contributed by atoms with E-state index < -0.39 is 32.2 Å². The molecule has 1 fully saturated rings. The molecule has 2 heterocycles. The maximum absolute atomic E-state index is 13.9. The number of hydrogen-bond acceptors (Lipinski definition) is 5. The fraction of sp³-hybridized carbons (Fsp3) is 0.385. The lowest BCUT2D eigenvalue weighted by atomic mass is 9.93. The van der Waals surface area contributed by atoms with E-state index in [2.05, 4.69) is 10.3 Å². The molecule has 1 aliphatic heterocycles. The van der Waals surface area contributed by atoms with E-state index in [4.69, 9.17) is 0 Å². The van der Waals surface area contributed by atoms with Crippen LogP contribution in [0.4, 0.5) is 8.78 Å². The zero-order valence-corrected chi connectivity index (χ0v) is 13.2. The third-order valence-electron chi connectivity index (χ3n) is 3.90. The molecule has 1 aromatic heterocycles. The van der Waals surface area contributed by atoms with E-state index in [1.54, 1.807) is 7.05 Å². The average molecular weight is 344 g/mol. The highest BCUT2D eigenvalue weighted by atomic mass is 32.2. The molecule has 0 radical (unpaired) electrons. The monoisotopic (exact) mass is 344 g/mol. The molecule has 2 aromatic rings. The Bertz CT molecular complexity index is 875. The molecule has 7 nitrogen and oxygen atoms in total. The zero-order chi connectivity index (χ0) is 17.0. The first-order chi connectivity index (χ1) is 10.6. The van der Waals surface area contributed by atoms with Crippen molar-refractivity contribution >= 4 is 10.0 Å². The highest BCUT2D eigenvalue weighted by Crippen LogP contribution is 2.36. The quantitative estimate of drug-likeness (QED) is 0.865. The van der Waals surface area contributed by atoms with Gasteiger partial charge in [-0.15, -0.1) is 5.10 Å². The van der Waals surface area contributed by atoms with Gasteiger partial charge in [-0.05, 0) is 24.6 Å². The van der Waals surface area contributed by atoms with Gasteiger partial charge in [0, 0.05) is 7.05 Å². The van der Waals surface area contributed by atoms with Crippen molar-refractivity contribution in [2.24, 2.45) is 7.05 Å². The molecule has 0 unspecified atom stereocenters. The number of halogens is 2. The van der Waals surface area contributed by atoms with Crippen LogP contribution in [-0.2, 0) is 22.7 Å². The summed E-state index contributed by atoms with van der Waals surface area (Å²) in [6.45, 7) is 0.767. The standard InChI is InChI=1S/C13H14F2N4O3S/c1-8-3-10(15)11(4-9(8)14)23(21,22)19-6-13(20,7-19)12-5-16-17-18(12)2/h3-5,20H,6-7H2,1-2H3. The molecule has 1 aliphatic rings. The molecule has 124 valence electrons. The summed E-state index contributed by atoms with van der Waals surface area (Å²) in [5.41, 5.74) is -1.09. The van der Waals surface area contributed by atoms with Crippen molar-refractivity contribution in [3.05, 3.63) is 41.2 Å². The summed E-state index contributed by atoms with van der Waals surface area (Å²) in [6, 6.07) is 1.49. The number of hydrogen-bond donors (Lipinski definition) is 1. The van der Waals surface area contributed by atoms with Crippen LogP contribution in [0, 0.1) is 18.6 Å². The Morgan fingerprint density at radius 3 is 2.48 bits per heavy atom. The van der Waals surface area contributed by atoms with Crippen molar-refractivity contribution in [1.29, 1.82) is 0 Å². The van der Waals surface area contributed by atoms with Crippen LogP contribution in [0.2, 0.25) is 0 Å². The second-order valence-corrected chi connectivity index (χ2v) is 7.49. The Kier molecular flexibility index (Phi) is 3.50. The smallest absolute Gasteiger partial charge is 0.246 e. The van der Waals surface area contributed by atoms with Gasteiger partial charge in [0.15, 0.2) is 0 Å². The van der Waals surface area contributed by atoms with Crippen molar-refractivity contribution in [2.45, 2.75) is 17.4 Å². The lowest BCUT2D eigenvalue weighted by Crippen LogP contribution is -2.61. The summed E-state index contributed by atoms with van der Waals surface area (Å²) in [4.78, 5) is -0.745. The summed E-state index contributed by atoms with van der Waals surface area (Å²) in [6.07, 6.45) is 1.33. The first-order valence-electron chi connectivity index (χ1n) is 6.68. The van der Waals surface area contributed by atoms with E-state index >= 15 is 0 Å². The lowest BCUT2D eigenvalue weighted by Gasteiger charge is -2.44. The molecule has 0 saturated carbocycles. The van der Waals surface area contributed by atoms with Crippen molar-refractivity contribution in [2.75, 3.05) is 13.1 Å². The van der Waals surface area contributed by atoms with Crippen LogP contribution in [0.25, 0.3) is 0 Å². The molecule has 3 rings (SSSR count). The minimum Gasteiger partial charge on any atom is -0.381 e.